The average molecular weight is 481 g/mol. The van der Waals surface area contributed by atoms with Crippen LogP contribution in [0.1, 0.15) is 21.5 Å². The smallest absolute Gasteiger partial charge is 0.295 e. The highest BCUT2D eigenvalue weighted by atomic mass is 32.2. The molecular formula is C24H21FN4O4S. The summed E-state index contributed by atoms with van der Waals surface area (Å²) >= 11 is 0. The minimum Gasteiger partial charge on any atom is -0.345 e. The number of terminal acetylenes is 1. The Labute approximate surface area is 196 Å². The predicted octanol–water partition coefficient (Wildman–Crippen LogP) is 2.11. The van der Waals surface area contributed by atoms with Gasteiger partial charge in [0.2, 0.25) is 0 Å². The molecule has 1 aromatic heterocycles. The summed E-state index contributed by atoms with van der Waals surface area (Å²) in [5.74, 6) is -0.172. The van der Waals surface area contributed by atoms with Crippen molar-refractivity contribution in [1.82, 2.24) is 20.6 Å². The van der Waals surface area contributed by atoms with Gasteiger partial charge in [-0.05, 0) is 72.9 Å². The van der Waals surface area contributed by atoms with Crippen LogP contribution in [0.15, 0.2) is 65.7 Å². The van der Waals surface area contributed by atoms with Gasteiger partial charge in [0.1, 0.15) is 10.7 Å². The van der Waals surface area contributed by atoms with Crippen molar-refractivity contribution in [2.75, 3.05) is 6.54 Å². The number of rotatable bonds is 8. The van der Waals surface area contributed by atoms with Crippen LogP contribution in [0.2, 0.25) is 0 Å². The molecule has 0 aliphatic carbocycles. The molecule has 0 bridgehead atoms. The molecule has 0 aliphatic heterocycles. The summed E-state index contributed by atoms with van der Waals surface area (Å²) in [6, 6.07) is 13.4. The number of nitrogens with zero attached hydrogens (tertiary/aromatic N) is 1. The summed E-state index contributed by atoms with van der Waals surface area (Å²) in [7, 11) is -4.30. The number of hydrazine groups is 1. The molecule has 3 N–H and O–H groups in total. The van der Waals surface area contributed by atoms with Crippen LogP contribution >= 0.6 is 0 Å². The molecular weight excluding hydrogens is 459 g/mol. The molecule has 0 radical (unpaired) electrons. The molecule has 0 saturated heterocycles. The van der Waals surface area contributed by atoms with E-state index in [2.05, 4.69) is 15.7 Å². The second-order valence-electron chi connectivity index (χ2n) is 7.28. The summed E-state index contributed by atoms with van der Waals surface area (Å²) in [4.78, 5) is 29.5. The van der Waals surface area contributed by atoms with Gasteiger partial charge in [-0.25, -0.2) is 12.8 Å². The van der Waals surface area contributed by atoms with Crippen molar-refractivity contribution in [3.63, 3.8) is 0 Å². The molecule has 0 fully saturated rings. The van der Waals surface area contributed by atoms with Crippen LogP contribution in [-0.4, -0.2) is 31.8 Å². The van der Waals surface area contributed by atoms with Crippen molar-refractivity contribution in [1.29, 1.82) is 0 Å². The third kappa shape index (κ3) is 6.25. The number of aryl methyl sites for hydroxylation is 1. The van der Waals surface area contributed by atoms with E-state index in [1.165, 1.54) is 12.1 Å². The van der Waals surface area contributed by atoms with E-state index < -0.39 is 32.6 Å². The highest BCUT2D eigenvalue weighted by Crippen LogP contribution is 2.22. The van der Waals surface area contributed by atoms with E-state index in [1.54, 1.807) is 31.3 Å². The van der Waals surface area contributed by atoms with Crippen molar-refractivity contribution in [2.45, 2.75) is 18.2 Å². The van der Waals surface area contributed by atoms with Gasteiger partial charge in [-0.15, -0.1) is 11.3 Å². The van der Waals surface area contributed by atoms with Crippen molar-refractivity contribution in [3.8, 4) is 23.6 Å². The van der Waals surface area contributed by atoms with Crippen LogP contribution < -0.4 is 15.6 Å². The first-order valence-electron chi connectivity index (χ1n) is 10.1. The number of benzene rings is 2. The van der Waals surface area contributed by atoms with Gasteiger partial charge in [0, 0.05) is 23.9 Å². The number of hydrogen-bond donors (Lipinski definition) is 3. The van der Waals surface area contributed by atoms with E-state index in [0.717, 1.165) is 23.3 Å². The SMILES string of the molecule is C#CC(=O)NCCc1ccnc(-c2cc(C)cc(C(=O)NNS(=O)(=O)c3ccccc3F)c2)c1. The van der Waals surface area contributed by atoms with E-state index in [0.29, 0.717) is 24.2 Å². The van der Waals surface area contributed by atoms with Crippen LogP contribution in [0.5, 0.6) is 0 Å². The van der Waals surface area contributed by atoms with E-state index in [-0.39, 0.29) is 5.56 Å². The van der Waals surface area contributed by atoms with Gasteiger partial charge in [-0.1, -0.05) is 12.1 Å². The van der Waals surface area contributed by atoms with Crippen molar-refractivity contribution in [3.05, 3.63) is 83.3 Å². The Hall–Kier alpha value is -4.07. The maximum atomic E-state index is 13.8. The first-order valence-corrected chi connectivity index (χ1v) is 11.6. The van der Waals surface area contributed by atoms with Gasteiger partial charge in [-0.2, -0.15) is 0 Å². The zero-order valence-electron chi connectivity index (χ0n) is 18.1. The maximum absolute atomic E-state index is 13.8. The van der Waals surface area contributed by atoms with E-state index >= 15 is 0 Å². The first kappa shape index (κ1) is 24.6. The normalized spacial score (nSPS) is 10.9. The molecule has 10 heteroatoms. The van der Waals surface area contributed by atoms with E-state index in [4.69, 9.17) is 6.42 Å². The summed E-state index contributed by atoms with van der Waals surface area (Å²) in [5.41, 5.74) is 5.15. The van der Waals surface area contributed by atoms with Gasteiger partial charge >= 0.3 is 0 Å². The Balaban J connectivity index is 1.75. The molecule has 1 heterocycles. The molecule has 3 aromatic rings. The Morgan fingerprint density at radius 2 is 1.88 bits per heavy atom. The Bertz CT molecular complexity index is 1380. The topological polar surface area (TPSA) is 117 Å². The molecule has 0 spiro atoms. The van der Waals surface area contributed by atoms with Crippen LogP contribution in [-0.2, 0) is 21.2 Å². The number of nitrogens with one attached hydrogen (secondary N) is 3. The Morgan fingerprint density at radius 1 is 1.12 bits per heavy atom. The number of carbonyl (C=O) groups is 2. The van der Waals surface area contributed by atoms with Crippen LogP contribution in [0, 0.1) is 25.1 Å². The van der Waals surface area contributed by atoms with E-state index in [9.17, 15) is 22.4 Å². The highest BCUT2D eigenvalue weighted by molar-refractivity contribution is 7.89. The largest absolute Gasteiger partial charge is 0.345 e. The molecule has 0 atom stereocenters. The van der Waals surface area contributed by atoms with Crippen LogP contribution in [0.25, 0.3) is 11.3 Å². The second kappa shape index (κ2) is 10.7. The zero-order chi connectivity index (χ0) is 24.7. The molecule has 2 aromatic carbocycles. The van der Waals surface area contributed by atoms with Gasteiger partial charge in [0.25, 0.3) is 21.8 Å². The lowest BCUT2D eigenvalue weighted by Gasteiger charge is -2.11. The number of carbonyl (C=O) groups excluding carboxylic acids is 2. The van der Waals surface area contributed by atoms with Crippen molar-refractivity contribution >= 4 is 21.8 Å². The second-order valence-corrected chi connectivity index (χ2v) is 8.93. The molecule has 8 nitrogen and oxygen atoms in total. The number of amides is 2. The summed E-state index contributed by atoms with van der Waals surface area (Å²) < 4.78 is 38.5. The third-order valence-electron chi connectivity index (χ3n) is 4.72. The zero-order valence-corrected chi connectivity index (χ0v) is 18.9. The lowest BCUT2D eigenvalue weighted by molar-refractivity contribution is -0.115. The average Bonchev–Trinajstić information content (AvgIpc) is 2.82. The maximum Gasteiger partial charge on any atom is 0.295 e. The molecule has 0 aliphatic rings. The molecule has 3 rings (SSSR count). The minimum atomic E-state index is -4.30. The van der Waals surface area contributed by atoms with Crippen molar-refractivity contribution in [2.24, 2.45) is 0 Å². The molecule has 0 saturated carbocycles. The van der Waals surface area contributed by atoms with E-state index in [1.807, 2.05) is 22.9 Å². The number of halogens is 1. The molecule has 174 valence electrons. The molecule has 2 amide bonds. The summed E-state index contributed by atoms with van der Waals surface area (Å²) in [6.07, 6.45) is 7.16. The van der Waals surface area contributed by atoms with Crippen LogP contribution in [0.3, 0.4) is 0 Å². The standard InChI is InChI=1S/C24H21FN4O4S/c1-3-23(30)27-11-9-17-8-10-26-21(14-17)18-12-16(2)13-19(15-18)24(31)28-29-34(32,33)22-7-5-4-6-20(22)25/h1,4-8,10,12-15,29H,9,11H2,2H3,(H,27,30)(H,28,31). The number of hydrogen-bond acceptors (Lipinski definition) is 5. The number of sulfonamides is 1. The number of aromatic nitrogens is 1. The Morgan fingerprint density at radius 3 is 2.62 bits per heavy atom. The monoisotopic (exact) mass is 480 g/mol. The molecule has 34 heavy (non-hydrogen) atoms. The number of pyridine rings is 1. The Kier molecular flexibility index (Phi) is 7.73. The quantitative estimate of drug-likeness (QED) is 0.337. The van der Waals surface area contributed by atoms with Crippen LogP contribution in [0.4, 0.5) is 4.39 Å². The predicted molar refractivity (Wildman–Crippen MR) is 124 cm³/mol. The minimum absolute atomic E-state index is 0.180. The van der Waals surface area contributed by atoms with Crippen molar-refractivity contribution < 1.29 is 22.4 Å². The van der Waals surface area contributed by atoms with Gasteiger partial charge in [0.05, 0.1) is 5.69 Å². The lowest BCUT2D eigenvalue weighted by atomic mass is 10.0. The van der Waals surface area contributed by atoms with Gasteiger partial charge in [0.15, 0.2) is 0 Å². The summed E-state index contributed by atoms with van der Waals surface area (Å²) in [6.45, 7) is 2.14. The lowest BCUT2D eigenvalue weighted by Crippen LogP contribution is -2.41. The molecule has 0 unspecified atom stereocenters. The fourth-order valence-electron chi connectivity index (χ4n) is 3.12. The fourth-order valence-corrected chi connectivity index (χ4v) is 4.04. The third-order valence-corrected chi connectivity index (χ3v) is 6.00. The highest BCUT2D eigenvalue weighted by Gasteiger charge is 2.20. The first-order chi connectivity index (χ1) is 16.2. The van der Waals surface area contributed by atoms with Gasteiger partial charge in [-0.3, -0.25) is 20.0 Å². The van der Waals surface area contributed by atoms with Gasteiger partial charge < -0.3 is 5.32 Å². The fraction of sp³-hybridized carbons (Fsp3) is 0.125. The summed E-state index contributed by atoms with van der Waals surface area (Å²) in [5, 5.41) is 2.59.